The fourth-order valence-corrected chi connectivity index (χ4v) is 3.65. The Morgan fingerprint density at radius 3 is 2.38 bits per heavy atom. The first-order valence-corrected chi connectivity index (χ1v) is 5.18. The van der Waals surface area contributed by atoms with Gasteiger partial charge in [0.15, 0.2) is 0 Å². The van der Waals surface area contributed by atoms with Crippen LogP contribution in [0.15, 0.2) is 0 Å². The summed E-state index contributed by atoms with van der Waals surface area (Å²) in [5, 5.41) is 0. The number of hydrogen-bond donors (Lipinski definition) is 0. The monoisotopic (exact) mass is 181 g/mol. The van der Waals surface area contributed by atoms with Gasteiger partial charge in [-0.2, -0.15) is 0 Å². The van der Waals surface area contributed by atoms with Gasteiger partial charge in [-0.05, 0) is 18.8 Å². The van der Waals surface area contributed by atoms with Gasteiger partial charge in [0.05, 0.1) is 0 Å². The van der Waals surface area contributed by atoms with Crippen molar-refractivity contribution in [1.29, 1.82) is 0 Å². The summed E-state index contributed by atoms with van der Waals surface area (Å²) >= 11 is 0. The summed E-state index contributed by atoms with van der Waals surface area (Å²) in [6.07, 6.45) is 2.81. The molecule has 2 atom stereocenters. The lowest BCUT2D eigenvalue weighted by molar-refractivity contribution is -0.160. The molecule has 13 heavy (non-hydrogen) atoms. The topological polar surface area (TPSA) is 29.5 Å². The lowest BCUT2D eigenvalue weighted by atomic mass is 9.66. The highest BCUT2D eigenvalue weighted by atomic mass is 16.5. The summed E-state index contributed by atoms with van der Waals surface area (Å²) in [5.41, 5.74) is 0. The van der Waals surface area contributed by atoms with Gasteiger partial charge in [0.2, 0.25) is 0 Å². The van der Waals surface area contributed by atoms with Crippen molar-refractivity contribution in [2.24, 2.45) is 17.8 Å². The third-order valence-electron chi connectivity index (χ3n) is 3.92. The molecule has 0 aromatic heterocycles. The molecule has 4 aliphatic rings. The fourth-order valence-electron chi connectivity index (χ4n) is 3.65. The molecule has 0 spiro atoms. The molecular formula is C10H15NO2. The first-order valence-electron chi connectivity index (χ1n) is 5.18. The molecule has 3 nitrogen and oxygen atoms in total. The van der Waals surface area contributed by atoms with Crippen LogP contribution in [-0.2, 0) is 9.53 Å². The van der Waals surface area contributed by atoms with E-state index in [0.29, 0.717) is 18.3 Å². The Labute approximate surface area is 78.0 Å². The standard InChI is InChI=1S/C10H15NO2/c12-6-13-10-8-1-7-2-9(10)5-11(3-7)4-8/h6-10H,1-5H2. The number of carbonyl (C=O) groups excluding carboxylic acids is 1. The van der Waals surface area contributed by atoms with Crippen LogP contribution in [0.25, 0.3) is 0 Å². The summed E-state index contributed by atoms with van der Waals surface area (Å²) in [7, 11) is 0. The van der Waals surface area contributed by atoms with Crippen LogP contribution in [0.2, 0.25) is 0 Å². The number of piperidine rings is 3. The predicted molar refractivity (Wildman–Crippen MR) is 47.1 cm³/mol. The third-order valence-corrected chi connectivity index (χ3v) is 3.92. The van der Waals surface area contributed by atoms with Gasteiger partial charge in [0.1, 0.15) is 6.10 Å². The lowest BCUT2D eigenvalue weighted by Crippen LogP contribution is -2.60. The maximum atomic E-state index is 10.4. The molecule has 3 aliphatic heterocycles. The quantitative estimate of drug-likeness (QED) is 0.581. The average molecular weight is 181 g/mol. The van der Waals surface area contributed by atoms with E-state index in [9.17, 15) is 4.79 Å². The van der Waals surface area contributed by atoms with Crippen molar-refractivity contribution in [3.63, 3.8) is 0 Å². The molecule has 3 heteroatoms. The van der Waals surface area contributed by atoms with E-state index < -0.39 is 0 Å². The van der Waals surface area contributed by atoms with Gasteiger partial charge >= 0.3 is 0 Å². The summed E-state index contributed by atoms with van der Waals surface area (Å²) < 4.78 is 5.21. The van der Waals surface area contributed by atoms with Crippen LogP contribution in [0, 0.1) is 17.8 Å². The minimum Gasteiger partial charge on any atom is -0.464 e. The normalized spacial score (nSPS) is 52.2. The third kappa shape index (κ3) is 1.10. The molecule has 1 aliphatic carbocycles. The minimum absolute atomic E-state index is 0.241. The van der Waals surface area contributed by atoms with Crippen LogP contribution >= 0.6 is 0 Å². The molecule has 0 aromatic carbocycles. The van der Waals surface area contributed by atoms with Gasteiger partial charge in [0.25, 0.3) is 6.47 Å². The molecule has 0 aromatic rings. The molecule has 3 saturated heterocycles. The zero-order valence-corrected chi connectivity index (χ0v) is 7.69. The van der Waals surface area contributed by atoms with E-state index in [1.807, 2.05) is 0 Å². The van der Waals surface area contributed by atoms with Crippen molar-refractivity contribution in [3.05, 3.63) is 0 Å². The number of nitrogens with zero attached hydrogens (tertiary/aromatic N) is 1. The van der Waals surface area contributed by atoms with Gasteiger partial charge in [-0.15, -0.1) is 0 Å². The Bertz CT molecular complexity index is 201. The van der Waals surface area contributed by atoms with Gasteiger partial charge in [-0.1, -0.05) is 0 Å². The lowest BCUT2D eigenvalue weighted by Gasteiger charge is -2.54. The molecule has 0 radical (unpaired) electrons. The Morgan fingerprint density at radius 2 is 1.85 bits per heavy atom. The number of ether oxygens (including phenoxy) is 1. The van der Waals surface area contributed by atoms with Crippen LogP contribution < -0.4 is 0 Å². The predicted octanol–water partition coefficient (Wildman–Crippen LogP) is 0.500. The van der Waals surface area contributed by atoms with E-state index in [1.165, 1.54) is 19.4 Å². The highest BCUT2D eigenvalue weighted by Gasteiger charge is 2.48. The van der Waals surface area contributed by atoms with Crippen LogP contribution in [-0.4, -0.2) is 37.1 Å². The summed E-state index contributed by atoms with van der Waals surface area (Å²) in [6.45, 7) is 4.25. The Morgan fingerprint density at radius 1 is 1.15 bits per heavy atom. The van der Waals surface area contributed by atoms with E-state index in [1.54, 1.807) is 0 Å². The maximum Gasteiger partial charge on any atom is 0.293 e. The SMILES string of the molecule is O=COC1C2CC3CC1CN(C3)C2. The van der Waals surface area contributed by atoms with E-state index in [2.05, 4.69) is 4.90 Å². The first-order chi connectivity index (χ1) is 6.36. The van der Waals surface area contributed by atoms with Crippen molar-refractivity contribution in [2.45, 2.75) is 18.9 Å². The molecule has 4 rings (SSSR count). The average Bonchev–Trinajstić information content (AvgIpc) is 2.10. The second-order valence-corrected chi connectivity index (χ2v) is 4.77. The van der Waals surface area contributed by atoms with E-state index >= 15 is 0 Å². The zero-order chi connectivity index (χ0) is 8.84. The van der Waals surface area contributed by atoms with Crippen molar-refractivity contribution < 1.29 is 9.53 Å². The minimum atomic E-state index is 0.241. The van der Waals surface area contributed by atoms with E-state index in [0.717, 1.165) is 19.0 Å². The number of carbonyl (C=O) groups is 1. The Hall–Kier alpha value is -0.570. The van der Waals surface area contributed by atoms with Crippen LogP contribution in [0.3, 0.4) is 0 Å². The molecular weight excluding hydrogens is 166 g/mol. The van der Waals surface area contributed by atoms with Crippen LogP contribution in [0.4, 0.5) is 0 Å². The van der Waals surface area contributed by atoms with Crippen molar-refractivity contribution in [2.75, 3.05) is 19.6 Å². The first kappa shape index (κ1) is 7.80. The zero-order valence-electron chi connectivity index (χ0n) is 7.69. The number of rotatable bonds is 2. The fraction of sp³-hybridized carbons (Fsp3) is 0.900. The molecule has 2 unspecified atom stereocenters. The molecule has 3 heterocycles. The van der Waals surface area contributed by atoms with Crippen LogP contribution in [0.5, 0.6) is 0 Å². The maximum absolute atomic E-state index is 10.4. The van der Waals surface area contributed by atoms with Gasteiger partial charge in [-0.25, -0.2) is 0 Å². The van der Waals surface area contributed by atoms with E-state index in [4.69, 9.17) is 4.74 Å². The molecule has 0 amide bonds. The molecule has 72 valence electrons. The molecule has 4 bridgehead atoms. The smallest absolute Gasteiger partial charge is 0.293 e. The molecule has 4 fully saturated rings. The largest absolute Gasteiger partial charge is 0.464 e. The van der Waals surface area contributed by atoms with E-state index in [-0.39, 0.29) is 6.10 Å². The second kappa shape index (κ2) is 2.71. The van der Waals surface area contributed by atoms with Crippen molar-refractivity contribution in [3.8, 4) is 0 Å². The van der Waals surface area contributed by atoms with Crippen LogP contribution in [0.1, 0.15) is 12.8 Å². The Balaban J connectivity index is 1.81. The van der Waals surface area contributed by atoms with Crippen molar-refractivity contribution in [1.82, 2.24) is 4.90 Å². The number of hydrogen-bond acceptors (Lipinski definition) is 3. The second-order valence-electron chi connectivity index (χ2n) is 4.77. The van der Waals surface area contributed by atoms with Gasteiger partial charge < -0.3 is 9.64 Å². The Kier molecular flexibility index (Phi) is 1.62. The van der Waals surface area contributed by atoms with Gasteiger partial charge in [-0.3, -0.25) is 4.79 Å². The highest BCUT2D eigenvalue weighted by molar-refractivity contribution is 5.38. The highest BCUT2D eigenvalue weighted by Crippen LogP contribution is 2.44. The summed E-state index contributed by atoms with van der Waals surface area (Å²) in [6, 6.07) is 0. The summed E-state index contributed by atoms with van der Waals surface area (Å²) in [4.78, 5) is 12.9. The summed E-state index contributed by atoms with van der Waals surface area (Å²) in [5.74, 6) is 2.16. The van der Waals surface area contributed by atoms with Crippen molar-refractivity contribution >= 4 is 6.47 Å². The molecule has 0 N–H and O–H groups in total. The molecule has 1 saturated carbocycles. The van der Waals surface area contributed by atoms with Gasteiger partial charge in [0, 0.05) is 31.5 Å².